The van der Waals surface area contributed by atoms with Crippen LogP contribution < -0.4 is 10.1 Å². The number of carbonyl (C=O) groups excluding carboxylic acids is 2. The molecule has 1 saturated heterocycles. The second kappa shape index (κ2) is 6.81. The summed E-state index contributed by atoms with van der Waals surface area (Å²) in [5.41, 5.74) is 0.959. The minimum atomic E-state index is -0.231. The van der Waals surface area contributed by atoms with Crippen LogP contribution in [-0.4, -0.2) is 36.9 Å². The van der Waals surface area contributed by atoms with E-state index in [4.69, 9.17) is 4.74 Å². The maximum absolute atomic E-state index is 12.5. The van der Waals surface area contributed by atoms with Crippen molar-refractivity contribution in [1.29, 1.82) is 0 Å². The number of likely N-dealkylation sites (tertiary alicyclic amines) is 1. The van der Waals surface area contributed by atoms with Gasteiger partial charge in [-0.15, -0.1) is 0 Å². The van der Waals surface area contributed by atoms with Crippen LogP contribution in [0.3, 0.4) is 0 Å². The van der Waals surface area contributed by atoms with Crippen molar-refractivity contribution < 1.29 is 14.3 Å². The highest BCUT2D eigenvalue weighted by molar-refractivity contribution is 5.85. The lowest BCUT2D eigenvalue weighted by atomic mass is 9.84. The van der Waals surface area contributed by atoms with E-state index in [1.165, 1.54) is 0 Å². The van der Waals surface area contributed by atoms with E-state index >= 15 is 0 Å². The van der Waals surface area contributed by atoms with Gasteiger partial charge >= 0.3 is 0 Å². The predicted octanol–water partition coefficient (Wildman–Crippen LogP) is 2.13. The molecule has 1 N–H and O–H groups in total. The first-order chi connectivity index (χ1) is 10.4. The molecule has 2 atom stereocenters. The molecule has 0 bridgehead atoms. The Morgan fingerprint density at radius 1 is 1.32 bits per heavy atom. The van der Waals surface area contributed by atoms with E-state index in [0.29, 0.717) is 12.8 Å². The van der Waals surface area contributed by atoms with Crippen LogP contribution in [0.5, 0.6) is 5.75 Å². The zero-order valence-electron chi connectivity index (χ0n) is 13.6. The van der Waals surface area contributed by atoms with E-state index in [1.807, 2.05) is 38.1 Å². The third kappa shape index (κ3) is 3.40. The summed E-state index contributed by atoms with van der Waals surface area (Å²) < 4.78 is 5.17. The molecule has 2 rings (SSSR count). The second-order valence-electron chi connectivity index (χ2n) is 6.03. The normalized spacial score (nSPS) is 21.9. The van der Waals surface area contributed by atoms with Crippen LogP contribution in [0.15, 0.2) is 24.3 Å². The molecular weight excluding hydrogens is 280 g/mol. The summed E-state index contributed by atoms with van der Waals surface area (Å²) in [4.78, 5) is 26.2. The molecule has 0 aliphatic carbocycles. The SMILES string of the molecule is COc1ccc([C@H]2[C@@H](C(=O)NC(C)C)CCC(=O)N2C)cc1. The molecule has 1 heterocycles. The quantitative estimate of drug-likeness (QED) is 0.927. The van der Waals surface area contributed by atoms with E-state index in [2.05, 4.69) is 5.32 Å². The summed E-state index contributed by atoms with van der Waals surface area (Å²) >= 11 is 0. The Bertz CT molecular complexity index is 539. The van der Waals surface area contributed by atoms with Crippen LogP contribution in [0.2, 0.25) is 0 Å². The van der Waals surface area contributed by atoms with Gasteiger partial charge in [0.25, 0.3) is 0 Å². The average Bonchev–Trinajstić information content (AvgIpc) is 2.49. The predicted molar refractivity (Wildman–Crippen MR) is 84.5 cm³/mol. The van der Waals surface area contributed by atoms with Crippen molar-refractivity contribution in [2.75, 3.05) is 14.2 Å². The molecule has 0 unspecified atom stereocenters. The van der Waals surface area contributed by atoms with Gasteiger partial charge in [-0.3, -0.25) is 9.59 Å². The van der Waals surface area contributed by atoms with E-state index in [1.54, 1.807) is 19.1 Å². The van der Waals surface area contributed by atoms with Crippen molar-refractivity contribution >= 4 is 11.8 Å². The number of carbonyl (C=O) groups is 2. The largest absolute Gasteiger partial charge is 0.497 e. The first-order valence-corrected chi connectivity index (χ1v) is 7.64. The number of amides is 2. The number of ether oxygens (including phenoxy) is 1. The van der Waals surface area contributed by atoms with E-state index < -0.39 is 0 Å². The molecule has 1 fully saturated rings. The summed E-state index contributed by atoms with van der Waals surface area (Å²) in [6.45, 7) is 3.88. The average molecular weight is 304 g/mol. The molecule has 0 spiro atoms. The fourth-order valence-electron chi connectivity index (χ4n) is 2.96. The van der Waals surface area contributed by atoms with Gasteiger partial charge in [-0.05, 0) is 38.0 Å². The van der Waals surface area contributed by atoms with Crippen molar-refractivity contribution in [3.05, 3.63) is 29.8 Å². The number of nitrogens with one attached hydrogen (secondary N) is 1. The lowest BCUT2D eigenvalue weighted by Gasteiger charge is -2.38. The Kier molecular flexibility index (Phi) is 5.06. The highest BCUT2D eigenvalue weighted by Gasteiger charge is 2.38. The van der Waals surface area contributed by atoms with Gasteiger partial charge in [0.1, 0.15) is 5.75 Å². The fourth-order valence-corrected chi connectivity index (χ4v) is 2.96. The van der Waals surface area contributed by atoms with Crippen molar-refractivity contribution in [2.24, 2.45) is 5.92 Å². The fraction of sp³-hybridized carbons (Fsp3) is 0.529. The van der Waals surface area contributed by atoms with Gasteiger partial charge in [0.15, 0.2) is 0 Å². The molecule has 22 heavy (non-hydrogen) atoms. The first-order valence-electron chi connectivity index (χ1n) is 7.64. The van der Waals surface area contributed by atoms with Gasteiger partial charge in [0.05, 0.1) is 19.1 Å². The molecule has 5 heteroatoms. The Morgan fingerprint density at radius 3 is 2.50 bits per heavy atom. The van der Waals surface area contributed by atoms with Crippen LogP contribution in [0.4, 0.5) is 0 Å². The molecule has 0 saturated carbocycles. The number of benzene rings is 1. The number of hydrogen-bond donors (Lipinski definition) is 1. The van der Waals surface area contributed by atoms with Gasteiger partial charge in [0, 0.05) is 19.5 Å². The van der Waals surface area contributed by atoms with E-state index in [0.717, 1.165) is 11.3 Å². The van der Waals surface area contributed by atoms with Gasteiger partial charge in [0.2, 0.25) is 11.8 Å². The Morgan fingerprint density at radius 2 is 1.95 bits per heavy atom. The lowest BCUT2D eigenvalue weighted by Crippen LogP contribution is -2.47. The van der Waals surface area contributed by atoms with Crippen LogP contribution in [0.1, 0.15) is 38.3 Å². The van der Waals surface area contributed by atoms with Gasteiger partial charge < -0.3 is 15.0 Å². The third-order valence-electron chi connectivity index (χ3n) is 4.09. The Balaban J connectivity index is 2.30. The Labute approximate surface area is 131 Å². The monoisotopic (exact) mass is 304 g/mol. The minimum absolute atomic E-state index is 0.00941. The molecule has 0 radical (unpaired) electrons. The maximum atomic E-state index is 12.5. The number of rotatable bonds is 4. The minimum Gasteiger partial charge on any atom is -0.497 e. The molecule has 1 aromatic carbocycles. The molecule has 1 aromatic rings. The second-order valence-corrected chi connectivity index (χ2v) is 6.03. The zero-order valence-corrected chi connectivity index (χ0v) is 13.6. The molecule has 1 aliphatic rings. The lowest BCUT2D eigenvalue weighted by molar-refractivity contribution is -0.141. The van der Waals surface area contributed by atoms with Crippen molar-refractivity contribution in [2.45, 2.75) is 38.8 Å². The maximum Gasteiger partial charge on any atom is 0.225 e. The van der Waals surface area contributed by atoms with Crippen LogP contribution in [-0.2, 0) is 9.59 Å². The van der Waals surface area contributed by atoms with Crippen molar-refractivity contribution in [1.82, 2.24) is 10.2 Å². The number of piperidine rings is 1. The highest BCUT2D eigenvalue weighted by Crippen LogP contribution is 2.36. The summed E-state index contributed by atoms with van der Waals surface area (Å²) in [6.07, 6.45) is 0.998. The number of methoxy groups -OCH3 is 1. The van der Waals surface area contributed by atoms with Crippen molar-refractivity contribution in [3.8, 4) is 5.75 Å². The van der Waals surface area contributed by atoms with Gasteiger partial charge in [-0.1, -0.05) is 12.1 Å². The number of hydrogen-bond acceptors (Lipinski definition) is 3. The summed E-state index contributed by atoms with van der Waals surface area (Å²) in [7, 11) is 3.39. The standard InChI is InChI=1S/C17H24N2O3/c1-11(2)18-17(21)14-9-10-15(20)19(3)16(14)12-5-7-13(22-4)8-6-12/h5-8,11,14,16H,9-10H2,1-4H3,(H,18,21)/t14-,16-/m0/s1. The molecule has 1 aliphatic heterocycles. The van der Waals surface area contributed by atoms with Crippen LogP contribution in [0.25, 0.3) is 0 Å². The highest BCUT2D eigenvalue weighted by atomic mass is 16.5. The van der Waals surface area contributed by atoms with E-state index in [9.17, 15) is 9.59 Å². The topological polar surface area (TPSA) is 58.6 Å². The molecule has 120 valence electrons. The summed E-state index contributed by atoms with van der Waals surface area (Å²) in [6, 6.07) is 7.43. The van der Waals surface area contributed by atoms with Crippen molar-refractivity contribution in [3.63, 3.8) is 0 Å². The third-order valence-corrected chi connectivity index (χ3v) is 4.09. The summed E-state index contributed by atoms with van der Waals surface area (Å²) in [5, 5.41) is 2.97. The molecule has 5 nitrogen and oxygen atoms in total. The zero-order chi connectivity index (χ0) is 16.3. The summed E-state index contributed by atoms with van der Waals surface area (Å²) in [5.74, 6) is 0.625. The molecule has 0 aromatic heterocycles. The number of nitrogens with zero attached hydrogens (tertiary/aromatic N) is 1. The van der Waals surface area contributed by atoms with Gasteiger partial charge in [-0.2, -0.15) is 0 Å². The Hall–Kier alpha value is -2.04. The van der Waals surface area contributed by atoms with Crippen LogP contribution in [0, 0.1) is 5.92 Å². The van der Waals surface area contributed by atoms with E-state index in [-0.39, 0.29) is 29.8 Å². The first kappa shape index (κ1) is 16.3. The molecule has 2 amide bonds. The molecular formula is C17H24N2O3. The smallest absolute Gasteiger partial charge is 0.225 e. The van der Waals surface area contributed by atoms with Crippen LogP contribution >= 0.6 is 0 Å². The van der Waals surface area contributed by atoms with Gasteiger partial charge in [-0.25, -0.2) is 0 Å².